The maximum Gasteiger partial charge on any atom is 0.417 e. The van der Waals surface area contributed by atoms with Crippen LogP contribution in [0.25, 0.3) is 22.2 Å². The number of halogens is 4. The van der Waals surface area contributed by atoms with Gasteiger partial charge >= 0.3 is 6.18 Å². The average Bonchev–Trinajstić information content (AvgIpc) is 3.14. The zero-order valence-electron chi connectivity index (χ0n) is 14.9. The second-order valence-corrected chi connectivity index (χ2v) is 6.73. The third kappa shape index (κ3) is 3.79. The molecule has 1 N–H and O–H groups in total. The number of pyridine rings is 1. The first kappa shape index (κ1) is 19.7. The minimum atomic E-state index is -4.61. The number of aromatic amines is 1. The summed E-state index contributed by atoms with van der Waals surface area (Å²) in [6, 6.07) is 14.2. The lowest BCUT2D eigenvalue weighted by atomic mass is 10.1. The SMILES string of the molecule is O=[N+]([O-])c1cc(Oc2ncc(C(F)(F)F)cc2Cl)c2cc(-c3ccccc3)[nH]c2c1. The molecule has 2 aromatic carbocycles. The average molecular weight is 434 g/mol. The van der Waals surface area contributed by atoms with Crippen LogP contribution in [-0.4, -0.2) is 14.9 Å². The summed E-state index contributed by atoms with van der Waals surface area (Å²) in [7, 11) is 0. The fourth-order valence-electron chi connectivity index (χ4n) is 2.91. The quantitative estimate of drug-likeness (QED) is 0.290. The summed E-state index contributed by atoms with van der Waals surface area (Å²) in [5.41, 5.74) is 0.649. The molecule has 0 spiro atoms. The molecule has 0 atom stereocenters. The molecule has 30 heavy (non-hydrogen) atoms. The molecular weight excluding hydrogens is 423 g/mol. The van der Waals surface area contributed by atoms with Crippen LogP contribution in [0.1, 0.15) is 5.56 Å². The molecule has 4 rings (SSSR count). The van der Waals surface area contributed by atoms with E-state index in [-0.39, 0.29) is 22.3 Å². The lowest BCUT2D eigenvalue weighted by molar-refractivity contribution is -0.384. The first-order valence-electron chi connectivity index (χ1n) is 8.49. The minimum Gasteiger partial charge on any atom is -0.437 e. The van der Waals surface area contributed by atoms with Crippen LogP contribution in [0.2, 0.25) is 5.02 Å². The maximum absolute atomic E-state index is 12.8. The molecule has 6 nitrogen and oxygen atoms in total. The lowest BCUT2D eigenvalue weighted by Gasteiger charge is -2.10. The van der Waals surface area contributed by atoms with Crippen molar-refractivity contribution in [3.05, 3.63) is 81.5 Å². The number of hydrogen-bond acceptors (Lipinski definition) is 4. The molecule has 0 fully saturated rings. The number of fused-ring (bicyclic) bond motifs is 1. The van der Waals surface area contributed by atoms with E-state index in [1.54, 1.807) is 6.07 Å². The Hall–Kier alpha value is -3.59. The van der Waals surface area contributed by atoms with Crippen LogP contribution >= 0.6 is 11.6 Å². The van der Waals surface area contributed by atoms with Crippen LogP contribution < -0.4 is 4.74 Å². The van der Waals surface area contributed by atoms with Crippen molar-refractivity contribution in [2.75, 3.05) is 0 Å². The molecule has 2 heterocycles. The van der Waals surface area contributed by atoms with E-state index in [2.05, 4.69) is 9.97 Å². The molecule has 0 saturated heterocycles. The largest absolute Gasteiger partial charge is 0.437 e. The first-order valence-corrected chi connectivity index (χ1v) is 8.87. The number of benzene rings is 2. The molecule has 2 aromatic heterocycles. The Labute approximate surface area is 172 Å². The number of non-ortho nitro benzene ring substituents is 1. The highest BCUT2D eigenvalue weighted by Crippen LogP contribution is 2.39. The van der Waals surface area contributed by atoms with Gasteiger partial charge in [-0.15, -0.1) is 0 Å². The van der Waals surface area contributed by atoms with Gasteiger partial charge in [-0.25, -0.2) is 4.98 Å². The van der Waals surface area contributed by atoms with Gasteiger partial charge in [0.25, 0.3) is 5.69 Å². The van der Waals surface area contributed by atoms with Gasteiger partial charge in [0.05, 0.1) is 22.1 Å². The van der Waals surface area contributed by atoms with Crippen molar-refractivity contribution in [1.29, 1.82) is 0 Å². The highest BCUT2D eigenvalue weighted by molar-refractivity contribution is 6.31. The van der Waals surface area contributed by atoms with Gasteiger partial charge < -0.3 is 9.72 Å². The number of alkyl halides is 3. The number of nitrogens with zero attached hydrogens (tertiary/aromatic N) is 2. The van der Waals surface area contributed by atoms with Crippen LogP contribution in [0.5, 0.6) is 11.6 Å². The molecule has 4 aromatic rings. The smallest absolute Gasteiger partial charge is 0.417 e. The number of ether oxygens (including phenoxy) is 1. The van der Waals surface area contributed by atoms with Crippen LogP contribution in [-0.2, 0) is 6.18 Å². The zero-order valence-corrected chi connectivity index (χ0v) is 15.7. The van der Waals surface area contributed by atoms with Crippen molar-refractivity contribution in [2.24, 2.45) is 0 Å². The Bertz CT molecular complexity index is 1260. The van der Waals surface area contributed by atoms with E-state index < -0.39 is 16.7 Å². The van der Waals surface area contributed by atoms with E-state index in [0.717, 1.165) is 5.56 Å². The second kappa shape index (κ2) is 7.34. The Morgan fingerprint density at radius 2 is 1.83 bits per heavy atom. The fraction of sp³-hybridized carbons (Fsp3) is 0.0500. The third-order valence-corrected chi connectivity index (χ3v) is 4.59. The van der Waals surface area contributed by atoms with Crippen molar-refractivity contribution in [1.82, 2.24) is 9.97 Å². The van der Waals surface area contributed by atoms with Gasteiger partial charge in [-0.05, 0) is 17.7 Å². The van der Waals surface area contributed by atoms with Crippen LogP contribution in [0.15, 0.2) is 60.8 Å². The second-order valence-electron chi connectivity index (χ2n) is 6.32. The fourth-order valence-corrected chi connectivity index (χ4v) is 3.12. The van der Waals surface area contributed by atoms with Gasteiger partial charge in [-0.1, -0.05) is 41.9 Å². The Morgan fingerprint density at radius 1 is 1.10 bits per heavy atom. The number of rotatable bonds is 4. The summed E-state index contributed by atoms with van der Waals surface area (Å²) < 4.78 is 44.1. The van der Waals surface area contributed by atoms with Gasteiger partial charge in [0, 0.05) is 23.3 Å². The highest BCUT2D eigenvalue weighted by Gasteiger charge is 2.32. The molecule has 10 heteroatoms. The van der Waals surface area contributed by atoms with Crippen LogP contribution in [0.3, 0.4) is 0 Å². The Balaban J connectivity index is 1.81. The predicted octanol–water partition coefficient (Wildman–Crippen LogP) is 6.60. The molecule has 0 amide bonds. The predicted molar refractivity (Wildman–Crippen MR) is 105 cm³/mol. The van der Waals surface area contributed by atoms with E-state index in [1.807, 2.05) is 30.3 Å². The standard InChI is InChI=1S/C20H11ClF3N3O3/c21-15-6-12(20(22,23)24)10-25-19(15)30-18-8-13(27(28)29)7-17-14(18)9-16(26-17)11-4-2-1-3-5-11/h1-10,26H. The summed E-state index contributed by atoms with van der Waals surface area (Å²) in [5, 5.41) is 11.4. The van der Waals surface area contributed by atoms with Gasteiger partial charge in [0.2, 0.25) is 5.88 Å². The molecular formula is C20H11ClF3N3O3. The van der Waals surface area contributed by atoms with Crippen molar-refractivity contribution < 1.29 is 22.8 Å². The van der Waals surface area contributed by atoms with E-state index in [9.17, 15) is 23.3 Å². The number of H-pyrrole nitrogens is 1. The van der Waals surface area contributed by atoms with Crippen molar-refractivity contribution >= 4 is 28.2 Å². The molecule has 0 radical (unpaired) electrons. The first-order chi connectivity index (χ1) is 14.2. The number of nitro benzene ring substituents is 1. The summed E-state index contributed by atoms with van der Waals surface area (Å²) in [4.78, 5) is 17.4. The van der Waals surface area contributed by atoms with Gasteiger partial charge in [0.1, 0.15) is 10.8 Å². The summed E-state index contributed by atoms with van der Waals surface area (Å²) in [6.45, 7) is 0. The molecule has 0 unspecified atom stereocenters. The monoisotopic (exact) mass is 433 g/mol. The normalized spacial score (nSPS) is 11.6. The number of nitrogens with one attached hydrogen (secondary N) is 1. The van der Waals surface area contributed by atoms with Crippen LogP contribution in [0.4, 0.5) is 18.9 Å². The van der Waals surface area contributed by atoms with Crippen molar-refractivity contribution in [3.63, 3.8) is 0 Å². The minimum absolute atomic E-state index is 0.0341. The van der Waals surface area contributed by atoms with Gasteiger partial charge in [-0.2, -0.15) is 13.2 Å². The highest BCUT2D eigenvalue weighted by atomic mass is 35.5. The molecule has 0 aliphatic heterocycles. The number of nitro groups is 1. The van der Waals surface area contributed by atoms with Crippen LogP contribution in [0, 0.1) is 10.1 Å². The maximum atomic E-state index is 12.8. The van der Waals surface area contributed by atoms with E-state index in [0.29, 0.717) is 28.9 Å². The number of aromatic nitrogens is 2. The molecule has 0 aliphatic carbocycles. The van der Waals surface area contributed by atoms with E-state index in [1.165, 1.54) is 12.1 Å². The topological polar surface area (TPSA) is 81.1 Å². The Morgan fingerprint density at radius 3 is 2.47 bits per heavy atom. The van der Waals surface area contributed by atoms with Crippen molar-refractivity contribution in [2.45, 2.75) is 6.18 Å². The summed E-state index contributed by atoms with van der Waals surface area (Å²) in [6.07, 6.45) is -4.03. The third-order valence-electron chi connectivity index (χ3n) is 4.32. The van der Waals surface area contributed by atoms with E-state index in [4.69, 9.17) is 16.3 Å². The molecule has 0 aliphatic rings. The summed E-state index contributed by atoms with van der Waals surface area (Å²) in [5.74, 6) is -0.263. The summed E-state index contributed by atoms with van der Waals surface area (Å²) >= 11 is 5.91. The van der Waals surface area contributed by atoms with Crippen molar-refractivity contribution in [3.8, 4) is 22.9 Å². The van der Waals surface area contributed by atoms with E-state index >= 15 is 0 Å². The van der Waals surface area contributed by atoms with Gasteiger partial charge in [0.15, 0.2) is 0 Å². The Kier molecular flexibility index (Phi) is 4.83. The lowest BCUT2D eigenvalue weighted by Crippen LogP contribution is -2.05. The zero-order chi connectivity index (χ0) is 21.5. The molecule has 0 bridgehead atoms. The molecule has 152 valence electrons. The number of hydrogen-bond donors (Lipinski definition) is 1. The van der Waals surface area contributed by atoms with Gasteiger partial charge in [-0.3, -0.25) is 10.1 Å². The molecule has 0 saturated carbocycles.